The molecule has 0 aromatic carbocycles. The van der Waals surface area contributed by atoms with E-state index in [1.165, 1.54) is 12.8 Å². The van der Waals surface area contributed by atoms with Crippen molar-refractivity contribution in [1.29, 1.82) is 0 Å². The third-order valence-electron chi connectivity index (χ3n) is 4.04. The Labute approximate surface area is 97.3 Å². The fraction of sp³-hybridized carbons (Fsp3) is 0.917. The van der Waals surface area contributed by atoms with E-state index in [0.717, 1.165) is 45.4 Å². The molecule has 92 valence electrons. The third kappa shape index (κ3) is 2.55. The summed E-state index contributed by atoms with van der Waals surface area (Å²) in [4.78, 5) is 11.9. The van der Waals surface area contributed by atoms with Crippen LogP contribution in [0.1, 0.15) is 32.1 Å². The van der Waals surface area contributed by atoms with Crippen LogP contribution in [-0.2, 0) is 4.79 Å². The minimum Gasteiger partial charge on any atom is -0.356 e. The first-order valence-electron chi connectivity index (χ1n) is 6.47. The van der Waals surface area contributed by atoms with Crippen molar-refractivity contribution in [2.45, 2.75) is 32.1 Å². The van der Waals surface area contributed by atoms with Crippen molar-refractivity contribution >= 4 is 5.91 Å². The summed E-state index contributed by atoms with van der Waals surface area (Å²) in [5, 5.41) is 6.39. The van der Waals surface area contributed by atoms with Crippen LogP contribution in [0.15, 0.2) is 0 Å². The van der Waals surface area contributed by atoms with Crippen molar-refractivity contribution in [2.24, 2.45) is 17.1 Å². The number of amides is 1. The number of unbranched alkanes of at least 4 members (excludes halogenated alkanes) is 1. The van der Waals surface area contributed by atoms with E-state index in [0.29, 0.717) is 11.3 Å². The van der Waals surface area contributed by atoms with Gasteiger partial charge in [-0.05, 0) is 57.2 Å². The van der Waals surface area contributed by atoms with Crippen LogP contribution in [-0.4, -0.2) is 32.1 Å². The number of piperidine rings is 1. The summed E-state index contributed by atoms with van der Waals surface area (Å²) in [6, 6.07) is 0. The van der Waals surface area contributed by atoms with Gasteiger partial charge in [0.2, 0.25) is 5.91 Å². The molecule has 0 aromatic heterocycles. The van der Waals surface area contributed by atoms with E-state index in [-0.39, 0.29) is 5.91 Å². The second-order valence-electron chi connectivity index (χ2n) is 5.16. The van der Waals surface area contributed by atoms with Crippen LogP contribution < -0.4 is 16.4 Å². The van der Waals surface area contributed by atoms with Gasteiger partial charge in [-0.1, -0.05) is 0 Å². The molecule has 4 nitrogen and oxygen atoms in total. The number of carbonyl (C=O) groups excluding carboxylic acids is 1. The molecule has 1 saturated carbocycles. The Hall–Kier alpha value is -0.610. The normalized spacial score (nSPS) is 26.7. The highest BCUT2D eigenvalue weighted by molar-refractivity contribution is 5.82. The van der Waals surface area contributed by atoms with E-state index >= 15 is 0 Å². The maximum absolute atomic E-state index is 11.9. The van der Waals surface area contributed by atoms with E-state index in [1.807, 2.05) is 0 Å². The Kier molecular flexibility index (Phi) is 3.82. The monoisotopic (exact) mass is 225 g/mol. The van der Waals surface area contributed by atoms with Gasteiger partial charge >= 0.3 is 0 Å². The van der Waals surface area contributed by atoms with Gasteiger partial charge in [-0.2, -0.15) is 0 Å². The molecule has 1 amide bonds. The first-order valence-corrected chi connectivity index (χ1v) is 6.47. The molecule has 4 heteroatoms. The summed E-state index contributed by atoms with van der Waals surface area (Å²) in [5.41, 5.74) is 5.77. The maximum atomic E-state index is 11.9. The van der Waals surface area contributed by atoms with Crippen LogP contribution in [0, 0.1) is 11.3 Å². The second kappa shape index (κ2) is 5.15. The van der Waals surface area contributed by atoms with E-state index in [9.17, 15) is 4.79 Å². The van der Waals surface area contributed by atoms with E-state index in [4.69, 9.17) is 5.73 Å². The zero-order valence-corrected chi connectivity index (χ0v) is 9.93. The molecule has 0 bridgehead atoms. The predicted octanol–water partition coefficient (Wildman–Crippen LogP) is 0.231. The number of carbonyl (C=O) groups is 1. The van der Waals surface area contributed by atoms with Gasteiger partial charge in [-0.15, -0.1) is 0 Å². The van der Waals surface area contributed by atoms with Gasteiger partial charge in [0.15, 0.2) is 0 Å². The van der Waals surface area contributed by atoms with Crippen molar-refractivity contribution in [1.82, 2.24) is 10.6 Å². The Balaban J connectivity index is 1.67. The first kappa shape index (κ1) is 11.9. The third-order valence-corrected chi connectivity index (χ3v) is 4.04. The Morgan fingerprint density at radius 2 is 2.12 bits per heavy atom. The quantitative estimate of drug-likeness (QED) is 0.587. The molecule has 0 aromatic rings. The molecule has 4 N–H and O–H groups in total. The van der Waals surface area contributed by atoms with Crippen LogP contribution >= 0.6 is 0 Å². The highest BCUT2D eigenvalue weighted by Crippen LogP contribution is 2.58. The molecule has 1 aliphatic carbocycles. The van der Waals surface area contributed by atoms with Crippen LogP contribution in [0.2, 0.25) is 0 Å². The average molecular weight is 225 g/mol. The number of nitrogens with two attached hydrogens (primary N) is 1. The summed E-state index contributed by atoms with van der Waals surface area (Å²) in [6.07, 6.45) is 5.46. The van der Waals surface area contributed by atoms with Crippen LogP contribution in [0.25, 0.3) is 0 Å². The van der Waals surface area contributed by atoms with Crippen LogP contribution in [0.5, 0.6) is 0 Å². The average Bonchev–Trinajstić information content (AvgIpc) is 2.99. The Morgan fingerprint density at radius 3 is 2.81 bits per heavy atom. The van der Waals surface area contributed by atoms with E-state index in [1.54, 1.807) is 0 Å². The lowest BCUT2D eigenvalue weighted by molar-refractivity contribution is -0.123. The maximum Gasteiger partial charge on any atom is 0.223 e. The minimum atomic E-state index is 0.277. The van der Waals surface area contributed by atoms with Gasteiger partial charge in [0.05, 0.1) is 0 Å². The second-order valence-corrected chi connectivity index (χ2v) is 5.16. The molecular formula is C12H23N3O. The van der Waals surface area contributed by atoms with Crippen molar-refractivity contribution in [3.05, 3.63) is 0 Å². The first-order chi connectivity index (χ1) is 7.78. The molecule has 2 rings (SSSR count). The predicted molar refractivity (Wildman–Crippen MR) is 63.9 cm³/mol. The van der Waals surface area contributed by atoms with Gasteiger partial charge in [0.25, 0.3) is 0 Å². The largest absolute Gasteiger partial charge is 0.356 e. The smallest absolute Gasteiger partial charge is 0.223 e. The highest BCUT2D eigenvalue weighted by Gasteiger charge is 2.57. The van der Waals surface area contributed by atoms with Gasteiger partial charge in [-0.3, -0.25) is 4.79 Å². The van der Waals surface area contributed by atoms with Crippen molar-refractivity contribution in [2.75, 3.05) is 26.2 Å². The molecule has 1 saturated heterocycles. The van der Waals surface area contributed by atoms with E-state index < -0.39 is 0 Å². The fourth-order valence-electron chi connectivity index (χ4n) is 2.80. The van der Waals surface area contributed by atoms with E-state index in [2.05, 4.69) is 10.6 Å². The van der Waals surface area contributed by atoms with Gasteiger partial charge in [-0.25, -0.2) is 0 Å². The van der Waals surface area contributed by atoms with Gasteiger partial charge < -0.3 is 16.4 Å². The fourth-order valence-corrected chi connectivity index (χ4v) is 2.80. The summed E-state index contributed by atoms with van der Waals surface area (Å²) in [7, 11) is 0. The summed E-state index contributed by atoms with van der Waals surface area (Å²) in [5.74, 6) is 0.575. The molecule has 2 aliphatic rings. The summed E-state index contributed by atoms with van der Waals surface area (Å²) < 4.78 is 0. The Bertz CT molecular complexity index is 249. The molecule has 1 atom stereocenters. The zero-order valence-electron chi connectivity index (χ0n) is 9.93. The molecule has 1 heterocycles. The lowest BCUT2D eigenvalue weighted by atomic mass is 9.92. The molecule has 1 unspecified atom stereocenters. The van der Waals surface area contributed by atoms with Gasteiger partial charge in [0, 0.05) is 12.5 Å². The van der Waals surface area contributed by atoms with Crippen molar-refractivity contribution in [3.8, 4) is 0 Å². The van der Waals surface area contributed by atoms with Gasteiger partial charge in [0.1, 0.15) is 0 Å². The Morgan fingerprint density at radius 1 is 1.38 bits per heavy atom. The summed E-state index contributed by atoms with van der Waals surface area (Å²) in [6.45, 7) is 3.67. The highest BCUT2D eigenvalue weighted by atomic mass is 16.2. The molecule has 0 radical (unpaired) electrons. The summed E-state index contributed by atoms with van der Waals surface area (Å²) >= 11 is 0. The minimum absolute atomic E-state index is 0.277. The number of hydrogen-bond donors (Lipinski definition) is 3. The van der Waals surface area contributed by atoms with Crippen LogP contribution in [0.3, 0.4) is 0 Å². The molecular weight excluding hydrogens is 202 g/mol. The topological polar surface area (TPSA) is 67.1 Å². The molecule has 2 fully saturated rings. The van der Waals surface area contributed by atoms with Crippen LogP contribution in [0.4, 0.5) is 0 Å². The molecule has 1 aliphatic heterocycles. The zero-order chi connectivity index (χ0) is 11.4. The standard InChI is InChI=1S/C12H23N3O/c13-5-1-2-6-15-11(16)10-9-12(10)3-7-14-8-4-12/h10,14H,1-9,13H2,(H,15,16). The van der Waals surface area contributed by atoms with Crippen molar-refractivity contribution in [3.63, 3.8) is 0 Å². The SMILES string of the molecule is NCCCCNC(=O)C1CC12CCNCC2. The lowest BCUT2D eigenvalue weighted by Gasteiger charge is -2.23. The number of nitrogens with one attached hydrogen (secondary N) is 2. The lowest BCUT2D eigenvalue weighted by Crippen LogP contribution is -2.34. The number of hydrogen-bond acceptors (Lipinski definition) is 3. The van der Waals surface area contributed by atoms with Crippen molar-refractivity contribution < 1.29 is 4.79 Å². The molecule has 1 spiro atoms. The number of rotatable bonds is 5. The molecule has 16 heavy (non-hydrogen) atoms.